The van der Waals surface area contributed by atoms with Crippen molar-refractivity contribution in [2.24, 2.45) is 0 Å². The van der Waals surface area contributed by atoms with Crippen LogP contribution in [-0.4, -0.2) is 26.0 Å². The van der Waals surface area contributed by atoms with Gasteiger partial charge in [0.1, 0.15) is 0 Å². The van der Waals surface area contributed by atoms with Gasteiger partial charge in [-0.25, -0.2) is 0 Å². The first-order valence-corrected chi connectivity index (χ1v) is 8.46. The molecule has 84 valence electrons. The zero-order valence-corrected chi connectivity index (χ0v) is 10.5. The van der Waals surface area contributed by atoms with E-state index in [1.54, 1.807) is 0 Å². The van der Waals surface area contributed by atoms with Gasteiger partial charge in [-0.1, -0.05) is 26.2 Å². The third-order valence-electron chi connectivity index (χ3n) is 2.09. The summed E-state index contributed by atoms with van der Waals surface area (Å²) < 4.78 is 5.36. The second-order valence-corrected chi connectivity index (χ2v) is 8.39. The molecule has 1 N–H and O–H groups in total. The maximum atomic E-state index is 11.1. The zero-order valence-electron chi connectivity index (χ0n) is 9.51. The van der Waals surface area contributed by atoms with Crippen molar-refractivity contribution in [2.45, 2.75) is 51.7 Å². The summed E-state index contributed by atoms with van der Waals surface area (Å²) in [5.74, 6) is -0.249. The molecule has 0 aromatic heterocycles. The predicted molar refractivity (Wildman–Crippen MR) is 59.6 cm³/mol. The van der Waals surface area contributed by atoms with Crippen molar-refractivity contribution in [1.29, 1.82) is 0 Å². The van der Waals surface area contributed by atoms with E-state index in [0.717, 1.165) is 12.5 Å². The van der Waals surface area contributed by atoms with Crippen molar-refractivity contribution in [2.75, 3.05) is 6.61 Å². The highest BCUT2D eigenvalue weighted by molar-refractivity contribution is 6.72. The molecule has 0 bridgehead atoms. The highest BCUT2D eigenvalue weighted by atomic mass is 28.4. The van der Waals surface area contributed by atoms with Gasteiger partial charge in [0.25, 0.3) is 5.97 Å². The maximum absolute atomic E-state index is 11.1. The summed E-state index contributed by atoms with van der Waals surface area (Å²) in [6, 6.07) is 1.03. The van der Waals surface area contributed by atoms with Gasteiger partial charge < -0.3 is 9.53 Å². The van der Waals surface area contributed by atoms with Crippen molar-refractivity contribution in [3.8, 4) is 0 Å². The molecule has 14 heavy (non-hydrogen) atoms. The Hall–Kier alpha value is -0.353. The Kier molecular flexibility index (Phi) is 6.83. The highest BCUT2D eigenvalue weighted by Crippen LogP contribution is 2.16. The van der Waals surface area contributed by atoms with Crippen LogP contribution < -0.4 is 0 Å². The van der Waals surface area contributed by atoms with Crippen LogP contribution in [0.4, 0.5) is 0 Å². The quantitative estimate of drug-likeness (QED) is 0.527. The fourth-order valence-corrected chi connectivity index (χ4v) is 3.22. The van der Waals surface area contributed by atoms with E-state index in [1.807, 2.05) is 0 Å². The Morgan fingerprint density at radius 3 is 2.50 bits per heavy atom. The average molecular weight is 218 g/mol. The Morgan fingerprint density at radius 1 is 1.36 bits per heavy atom. The topological polar surface area (TPSA) is 46.5 Å². The van der Waals surface area contributed by atoms with E-state index < -0.39 is 8.32 Å². The van der Waals surface area contributed by atoms with Crippen LogP contribution >= 0.6 is 0 Å². The second-order valence-electron chi connectivity index (χ2n) is 4.16. The van der Waals surface area contributed by atoms with Crippen LogP contribution in [0.2, 0.25) is 19.1 Å². The monoisotopic (exact) mass is 218 g/mol. The Bertz CT molecular complexity index is 169. The molecule has 0 aromatic rings. The number of aliphatic hydroxyl groups excluding tert-OH is 1. The number of unbranched alkanes of at least 4 members (excludes halogenated alkanes) is 2. The zero-order chi connectivity index (χ0) is 11.0. The molecular formula is C10H22O3Si. The molecule has 0 unspecified atom stereocenters. The van der Waals surface area contributed by atoms with Crippen molar-refractivity contribution >= 4 is 14.3 Å². The number of carbonyl (C=O) groups excluding carboxylic acids is 1. The lowest BCUT2D eigenvalue weighted by atomic mass is 10.3. The highest BCUT2D eigenvalue weighted by Gasteiger charge is 2.25. The predicted octanol–water partition coefficient (Wildman–Crippen LogP) is 2.31. The van der Waals surface area contributed by atoms with Crippen molar-refractivity contribution in [3.05, 3.63) is 0 Å². The largest absolute Gasteiger partial charge is 0.520 e. The van der Waals surface area contributed by atoms with E-state index in [4.69, 9.17) is 9.53 Å². The van der Waals surface area contributed by atoms with Gasteiger partial charge in [0, 0.05) is 0 Å². The summed E-state index contributed by atoms with van der Waals surface area (Å²) in [6.45, 7) is 6.15. The number of carbonyl (C=O) groups is 1. The van der Waals surface area contributed by atoms with Crippen LogP contribution in [0.1, 0.15) is 32.6 Å². The van der Waals surface area contributed by atoms with E-state index >= 15 is 0 Å². The first-order chi connectivity index (χ1) is 6.52. The Balaban J connectivity index is 3.75. The van der Waals surface area contributed by atoms with Gasteiger partial charge in [0.15, 0.2) is 0 Å². The van der Waals surface area contributed by atoms with Crippen LogP contribution in [0.25, 0.3) is 0 Å². The van der Waals surface area contributed by atoms with Gasteiger partial charge >= 0.3 is 0 Å². The maximum Gasteiger partial charge on any atom is 0.294 e. The van der Waals surface area contributed by atoms with Crippen LogP contribution in [0, 0.1) is 0 Å². The molecule has 0 saturated carbocycles. The fourth-order valence-electron chi connectivity index (χ4n) is 1.30. The molecule has 4 heteroatoms. The molecule has 0 aliphatic rings. The van der Waals surface area contributed by atoms with Crippen LogP contribution in [0.3, 0.4) is 0 Å². The van der Waals surface area contributed by atoms with Gasteiger partial charge in [-0.05, 0) is 19.1 Å². The van der Waals surface area contributed by atoms with E-state index in [1.165, 1.54) is 12.8 Å². The minimum atomic E-state index is -1.80. The third-order valence-corrected chi connectivity index (χ3v) is 4.43. The fraction of sp³-hybridized carbons (Fsp3) is 0.900. The molecule has 0 rings (SSSR count). The Labute approximate surface area is 87.6 Å². The molecule has 0 saturated heterocycles. The van der Waals surface area contributed by atoms with E-state index in [2.05, 4.69) is 20.0 Å². The molecule has 0 amide bonds. The molecule has 0 radical (unpaired) electrons. The molecule has 3 nitrogen and oxygen atoms in total. The molecule has 0 fully saturated rings. The van der Waals surface area contributed by atoms with Crippen molar-refractivity contribution < 1.29 is 14.3 Å². The lowest BCUT2D eigenvalue weighted by Crippen LogP contribution is -2.33. The lowest BCUT2D eigenvalue weighted by Gasteiger charge is -2.22. The van der Waals surface area contributed by atoms with Crippen LogP contribution in [-0.2, 0) is 9.22 Å². The lowest BCUT2D eigenvalue weighted by molar-refractivity contribution is -0.135. The van der Waals surface area contributed by atoms with Gasteiger partial charge in [0.05, 0.1) is 13.0 Å². The smallest absolute Gasteiger partial charge is 0.294 e. The first-order valence-electron chi connectivity index (χ1n) is 5.34. The van der Waals surface area contributed by atoms with Gasteiger partial charge in [-0.3, -0.25) is 4.79 Å². The standard InChI is InChI=1S/C10H22O3Si/c1-4-5-6-9-14(2,3)13-10(12)7-8-11/h11H,4-9H2,1-3H3. The summed E-state index contributed by atoms with van der Waals surface area (Å²) in [6.07, 6.45) is 3.66. The minimum Gasteiger partial charge on any atom is -0.520 e. The molecule has 0 aliphatic carbocycles. The SMILES string of the molecule is CCCCC[Si](C)(C)OC(=O)CCO. The van der Waals surface area contributed by atoms with Crippen LogP contribution in [0.15, 0.2) is 0 Å². The number of hydrogen-bond acceptors (Lipinski definition) is 3. The van der Waals surface area contributed by atoms with Gasteiger partial charge in [-0.15, -0.1) is 0 Å². The summed E-state index contributed by atoms with van der Waals surface area (Å²) in [5.41, 5.74) is 0. The van der Waals surface area contributed by atoms with Crippen molar-refractivity contribution in [1.82, 2.24) is 0 Å². The van der Waals surface area contributed by atoms with Gasteiger partial charge in [0.2, 0.25) is 8.32 Å². The normalized spacial score (nSPS) is 11.4. The third kappa shape index (κ3) is 7.09. The first kappa shape index (κ1) is 13.6. The van der Waals surface area contributed by atoms with Crippen molar-refractivity contribution in [3.63, 3.8) is 0 Å². The molecule has 0 aromatic carbocycles. The second kappa shape index (κ2) is 7.01. The molecule has 0 heterocycles. The van der Waals surface area contributed by atoms with E-state index in [-0.39, 0.29) is 19.0 Å². The number of aliphatic hydroxyl groups is 1. The van der Waals surface area contributed by atoms with Gasteiger partial charge in [-0.2, -0.15) is 0 Å². The molecule has 0 atom stereocenters. The Morgan fingerprint density at radius 2 is 2.00 bits per heavy atom. The van der Waals surface area contributed by atoms with Crippen LogP contribution in [0.5, 0.6) is 0 Å². The molecule has 0 spiro atoms. The molecular weight excluding hydrogens is 196 g/mol. The minimum absolute atomic E-state index is 0.113. The summed E-state index contributed by atoms with van der Waals surface area (Å²) in [4.78, 5) is 11.1. The number of hydrogen-bond donors (Lipinski definition) is 1. The number of rotatable bonds is 7. The van der Waals surface area contributed by atoms with E-state index in [0.29, 0.717) is 0 Å². The summed E-state index contributed by atoms with van der Waals surface area (Å²) >= 11 is 0. The summed E-state index contributed by atoms with van der Waals surface area (Å²) in [5, 5.41) is 8.56. The molecule has 0 aliphatic heterocycles. The van der Waals surface area contributed by atoms with E-state index in [9.17, 15) is 4.79 Å². The average Bonchev–Trinajstić information content (AvgIpc) is 2.03. The summed E-state index contributed by atoms with van der Waals surface area (Å²) in [7, 11) is -1.80.